The molecule has 0 spiro atoms. The van der Waals surface area contributed by atoms with Gasteiger partial charge in [-0.1, -0.05) is 43.4 Å². The first-order valence-electron chi connectivity index (χ1n) is 5.75. The zero-order chi connectivity index (χ0) is 12.7. The molecule has 0 aromatic heterocycles. The maximum Gasteiger partial charge on any atom is 0.338 e. The molecule has 0 saturated carbocycles. The Bertz CT molecular complexity index is 442. The highest BCUT2D eigenvalue weighted by Crippen LogP contribution is 2.21. The van der Waals surface area contributed by atoms with Gasteiger partial charge in [-0.05, 0) is 30.5 Å². The quantitative estimate of drug-likeness (QED) is 0.580. The molecule has 0 amide bonds. The lowest BCUT2D eigenvalue weighted by Gasteiger charge is -2.08. The van der Waals surface area contributed by atoms with Crippen molar-refractivity contribution < 1.29 is 9.53 Å². The largest absolute Gasteiger partial charge is 0.465 e. The number of esters is 1. The highest BCUT2D eigenvalue weighted by atomic mass is 16.5. The molecule has 1 aromatic rings. The fraction of sp³-hybridized carbons (Fsp3) is 0.267. The lowest BCUT2D eigenvalue weighted by atomic mass is 9.98. The molecule has 1 aromatic carbocycles. The number of hydrogen-bond donors (Lipinski definition) is 0. The van der Waals surface area contributed by atoms with Gasteiger partial charge in [0.15, 0.2) is 0 Å². The normalized spacial score (nSPS) is 11.8. The minimum Gasteiger partial charge on any atom is -0.465 e. The summed E-state index contributed by atoms with van der Waals surface area (Å²) in [6.45, 7) is 4.04. The van der Waals surface area contributed by atoms with E-state index in [1.165, 1.54) is 7.11 Å². The van der Waals surface area contributed by atoms with Crippen molar-refractivity contribution in [1.29, 1.82) is 0 Å². The monoisotopic (exact) mass is 230 g/mol. The SMILES string of the molecule is C/C=C\C(=C/CC)c1ccccc1C(=O)OC. The Morgan fingerprint density at radius 1 is 1.29 bits per heavy atom. The van der Waals surface area contributed by atoms with Crippen LogP contribution in [0.25, 0.3) is 5.57 Å². The molecular weight excluding hydrogens is 212 g/mol. The molecule has 0 radical (unpaired) electrons. The van der Waals surface area contributed by atoms with Gasteiger partial charge in [0.1, 0.15) is 0 Å². The minimum absolute atomic E-state index is 0.299. The van der Waals surface area contributed by atoms with Crippen molar-refractivity contribution in [2.75, 3.05) is 7.11 Å². The second-order valence-corrected chi connectivity index (χ2v) is 3.60. The Morgan fingerprint density at radius 2 is 1.94 bits per heavy atom. The molecule has 0 aliphatic carbocycles. The van der Waals surface area contributed by atoms with E-state index in [0.29, 0.717) is 5.56 Å². The Morgan fingerprint density at radius 3 is 2.47 bits per heavy atom. The summed E-state index contributed by atoms with van der Waals surface area (Å²) >= 11 is 0. The first-order valence-corrected chi connectivity index (χ1v) is 5.75. The average molecular weight is 230 g/mol. The van der Waals surface area contributed by atoms with E-state index in [-0.39, 0.29) is 5.97 Å². The summed E-state index contributed by atoms with van der Waals surface area (Å²) < 4.78 is 4.79. The number of methoxy groups -OCH3 is 1. The summed E-state index contributed by atoms with van der Waals surface area (Å²) in [5.74, 6) is -0.299. The Labute approximate surface area is 103 Å². The molecule has 2 heteroatoms. The molecule has 0 N–H and O–H groups in total. The molecule has 0 fully saturated rings. The van der Waals surface area contributed by atoms with Crippen LogP contribution in [0.3, 0.4) is 0 Å². The van der Waals surface area contributed by atoms with Gasteiger partial charge in [0.25, 0.3) is 0 Å². The van der Waals surface area contributed by atoms with Crippen molar-refractivity contribution in [3.05, 3.63) is 53.6 Å². The van der Waals surface area contributed by atoms with E-state index in [1.54, 1.807) is 6.07 Å². The van der Waals surface area contributed by atoms with Gasteiger partial charge in [-0.15, -0.1) is 0 Å². The molecule has 1 rings (SSSR count). The van der Waals surface area contributed by atoms with Gasteiger partial charge >= 0.3 is 5.97 Å². The number of allylic oxidation sites excluding steroid dienone is 4. The van der Waals surface area contributed by atoms with Gasteiger partial charge in [0.05, 0.1) is 12.7 Å². The Kier molecular flexibility index (Phi) is 5.21. The first kappa shape index (κ1) is 13.2. The summed E-state index contributed by atoms with van der Waals surface area (Å²) in [4.78, 5) is 11.7. The maximum atomic E-state index is 11.7. The van der Waals surface area contributed by atoms with Crippen LogP contribution in [0.1, 0.15) is 36.2 Å². The molecule has 0 heterocycles. The van der Waals surface area contributed by atoms with Crippen LogP contribution in [0.5, 0.6) is 0 Å². The number of hydrogen-bond acceptors (Lipinski definition) is 2. The molecule has 2 nitrogen and oxygen atoms in total. The van der Waals surface area contributed by atoms with Crippen LogP contribution in [-0.2, 0) is 4.74 Å². The summed E-state index contributed by atoms with van der Waals surface area (Å²) in [5, 5.41) is 0. The van der Waals surface area contributed by atoms with Gasteiger partial charge in [-0.2, -0.15) is 0 Å². The van der Waals surface area contributed by atoms with Crippen molar-refractivity contribution in [1.82, 2.24) is 0 Å². The van der Waals surface area contributed by atoms with Crippen molar-refractivity contribution in [3.63, 3.8) is 0 Å². The van der Waals surface area contributed by atoms with Gasteiger partial charge < -0.3 is 4.74 Å². The smallest absolute Gasteiger partial charge is 0.338 e. The predicted molar refractivity (Wildman–Crippen MR) is 70.9 cm³/mol. The second kappa shape index (κ2) is 6.69. The molecule has 17 heavy (non-hydrogen) atoms. The number of benzene rings is 1. The average Bonchev–Trinajstić information content (AvgIpc) is 2.37. The third-order valence-corrected chi connectivity index (χ3v) is 2.41. The van der Waals surface area contributed by atoms with Crippen LogP contribution in [0.15, 0.2) is 42.5 Å². The van der Waals surface area contributed by atoms with E-state index in [9.17, 15) is 4.79 Å². The number of rotatable bonds is 4. The fourth-order valence-corrected chi connectivity index (χ4v) is 1.69. The molecular formula is C15H18O2. The van der Waals surface area contributed by atoms with Crippen LogP contribution < -0.4 is 0 Å². The lowest BCUT2D eigenvalue weighted by molar-refractivity contribution is 0.0600. The zero-order valence-electron chi connectivity index (χ0n) is 10.6. The third kappa shape index (κ3) is 3.31. The van der Waals surface area contributed by atoms with Crippen LogP contribution in [0, 0.1) is 0 Å². The van der Waals surface area contributed by atoms with E-state index in [2.05, 4.69) is 13.0 Å². The molecule has 0 unspecified atom stereocenters. The number of carbonyl (C=O) groups is 1. The first-order chi connectivity index (χ1) is 8.24. The summed E-state index contributed by atoms with van der Waals surface area (Å²) in [6.07, 6.45) is 7.00. The molecule has 0 saturated heterocycles. The predicted octanol–water partition coefficient (Wildman–Crippen LogP) is 3.84. The summed E-state index contributed by atoms with van der Waals surface area (Å²) in [6, 6.07) is 7.49. The maximum absolute atomic E-state index is 11.7. The van der Waals surface area contributed by atoms with Crippen molar-refractivity contribution in [2.24, 2.45) is 0 Å². The van der Waals surface area contributed by atoms with Crippen molar-refractivity contribution in [2.45, 2.75) is 20.3 Å². The number of ether oxygens (including phenoxy) is 1. The van der Waals surface area contributed by atoms with E-state index >= 15 is 0 Å². The molecule has 0 aliphatic heterocycles. The topological polar surface area (TPSA) is 26.3 Å². The zero-order valence-corrected chi connectivity index (χ0v) is 10.6. The van der Waals surface area contributed by atoms with Crippen LogP contribution in [-0.4, -0.2) is 13.1 Å². The fourth-order valence-electron chi connectivity index (χ4n) is 1.69. The Balaban J connectivity index is 3.28. The summed E-state index contributed by atoms with van der Waals surface area (Å²) in [5.41, 5.74) is 2.57. The van der Waals surface area contributed by atoms with Gasteiger partial charge in [-0.3, -0.25) is 0 Å². The van der Waals surface area contributed by atoms with Crippen LogP contribution in [0.2, 0.25) is 0 Å². The van der Waals surface area contributed by atoms with E-state index in [0.717, 1.165) is 17.6 Å². The second-order valence-electron chi connectivity index (χ2n) is 3.60. The molecule has 0 bridgehead atoms. The van der Waals surface area contributed by atoms with Gasteiger partial charge in [0.2, 0.25) is 0 Å². The highest BCUT2D eigenvalue weighted by molar-refractivity contribution is 5.96. The standard InChI is InChI=1S/C15H18O2/c1-4-8-12(9-5-2)13-10-6-7-11-14(13)15(16)17-3/h4,6-11H,5H2,1-3H3/b8-4-,12-9+. The van der Waals surface area contributed by atoms with Crippen molar-refractivity contribution in [3.8, 4) is 0 Å². The van der Waals surface area contributed by atoms with E-state index < -0.39 is 0 Å². The van der Waals surface area contributed by atoms with Crippen LogP contribution >= 0.6 is 0 Å². The highest BCUT2D eigenvalue weighted by Gasteiger charge is 2.12. The summed E-state index contributed by atoms with van der Waals surface area (Å²) in [7, 11) is 1.40. The lowest BCUT2D eigenvalue weighted by Crippen LogP contribution is -2.04. The Hall–Kier alpha value is -1.83. The molecule has 90 valence electrons. The van der Waals surface area contributed by atoms with Crippen LogP contribution in [0.4, 0.5) is 0 Å². The third-order valence-electron chi connectivity index (χ3n) is 2.41. The van der Waals surface area contributed by atoms with E-state index in [4.69, 9.17) is 4.74 Å². The van der Waals surface area contributed by atoms with Gasteiger partial charge in [0, 0.05) is 0 Å². The van der Waals surface area contributed by atoms with E-state index in [1.807, 2.05) is 37.3 Å². The molecule has 0 aliphatic rings. The van der Waals surface area contributed by atoms with Gasteiger partial charge in [-0.25, -0.2) is 4.79 Å². The van der Waals surface area contributed by atoms with Crippen molar-refractivity contribution >= 4 is 11.5 Å². The molecule has 0 atom stereocenters. The minimum atomic E-state index is -0.299. The number of carbonyl (C=O) groups excluding carboxylic acids is 1.